The third-order valence-electron chi connectivity index (χ3n) is 9.56. The molecule has 214 valence electrons. The summed E-state index contributed by atoms with van der Waals surface area (Å²) < 4.78 is 17.3. The predicted molar refractivity (Wildman–Crippen MR) is 187 cm³/mol. The maximum absolute atomic E-state index is 6.53. The summed E-state index contributed by atoms with van der Waals surface area (Å²) in [5.74, 6) is 0. The van der Waals surface area contributed by atoms with Gasteiger partial charge in [-0.15, -0.1) is 0 Å². The average Bonchev–Trinajstić information content (AvgIpc) is 3.85. The number of rotatable bonds is 2. The smallest absolute Gasteiger partial charge is 0.153 e. The number of fused-ring (bicyclic) bond motifs is 13. The quantitative estimate of drug-likeness (QED) is 0.202. The summed E-state index contributed by atoms with van der Waals surface area (Å²) in [5, 5.41) is 8.01. The minimum Gasteiger partial charge on any atom is -0.455 e. The number of hydrogen-bond acceptors (Lipinski definition) is 3. The minimum atomic E-state index is 0.799. The van der Waals surface area contributed by atoms with Gasteiger partial charge in [0.05, 0.1) is 27.5 Å². The molecule has 46 heavy (non-hydrogen) atoms. The molecule has 0 N–H and O–H groups in total. The maximum atomic E-state index is 6.53. The lowest BCUT2D eigenvalue weighted by atomic mass is 10.1. The van der Waals surface area contributed by atoms with Crippen molar-refractivity contribution in [1.82, 2.24) is 14.1 Å². The SMILES string of the molecule is c1ccc2c(c1)oc1c2ccc2c1c1ccccc1n2-c1ccc2c(c1)c1ccccc1n2-c1ccc2oc3cccnc3c2c1. The van der Waals surface area contributed by atoms with Crippen molar-refractivity contribution < 1.29 is 8.83 Å². The fourth-order valence-electron chi connectivity index (χ4n) is 7.62. The summed E-state index contributed by atoms with van der Waals surface area (Å²) in [6, 6.07) is 47.1. The van der Waals surface area contributed by atoms with Crippen LogP contribution in [0.15, 0.2) is 148 Å². The zero-order valence-electron chi connectivity index (χ0n) is 24.4. The number of aromatic nitrogens is 3. The Morgan fingerprint density at radius 1 is 0.413 bits per heavy atom. The van der Waals surface area contributed by atoms with Crippen LogP contribution in [0.1, 0.15) is 0 Å². The lowest BCUT2D eigenvalue weighted by molar-refractivity contribution is 0.668. The third kappa shape index (κ3) is 3.06. The molecule has 0 saturated carbocycles. The molecule has 0 aliphatic heterocycles. The van der Waals surface area contributed by atoms with Gasteiger partial charge in [-0.1, -0.05) is 54.6 Å². The molecule has 5 heterocycles. The molecule has 0 bridgehead atoms. The Hall–Kier alpha value is -6.33. The lowest BCUT2D eigenvalue weighted by Crippen LogP contribution is -1.95. The van der Waals surface area contributed by atoms with Gasteiger partial charge in [0.25, 0.3) is 0 Å². The van der Waals surface area contributed by atoms with Crippen molar-refractivity contribution in [2.45, 2.75) is 0 Å². The number of hydrogen-bond donors (Lipinski definition) is 0. The monoisotopic (exact) mass is 589 g/mol. The van der Waals surface area contributed by atoms with E-state index in [1.807, 2.05) is 30.5 Å². The minimum absolute atomic E-state index is 0.799. The van der Waals surface area contributed by atoms with Crippen molar-refractivity contribution >= 4 is 87.6 Å². The fraction of sp³-hybridized carbons (Fsp3) is 0. The van der Waals surface area contributed by atoms with Gasteiger partial charge in [-0.2, -0.15) is 0 Å². The number of benzene rings is 6. The summed E-state index contributed by atoms with van der Waals surface area (Å²) in [6.45, 7) is 0. The van der Waals surface area contributed by atoms with Crippen LogP contribution < -0.4 is 0 Å². The second kappa shape index (κ2) is 8.65. The first-order valence-electron chi connectivity index (χ1n) is 15.5. The summed E-state index contributed by atoms with van der Waals surface area (Å²) in [5.41, 5.74) is 11.1. The summed E-state index contributed by atoms with van der Waals surface area (Å²) in [7, 11) is 0. The van der Waals surface area contributed by atoms with Crippen molar-refractivity contribution in [3.63, 3.8) is 0 Å². The number of para-hydroxylation sites is 3. The van der Waals surface area contributed by atoms with Crippen LogP contribution in [0.3, 0.4) is 0 Å². The molecule has 11 aromatic rings. The first kappa shape index (κ1) is 24.0. The molecule has 6 aromatic carbocycles. The number of furan rings is 2. The van der Waals surface area contributed by atoms with E-state index in [-0.39, 0.29) is 0 Å². The average molecular weight is 590 g/mol. The van der Waals surface area contributed by atoms with Gasteiger partial charge in [-0.3, -0.25) is 4.98 Å². The highest BCUT2D eigenvalue weighted by Crippen LogP contribution is 2.42. The molecule has 0 aliphatic carbocycles. The molecule has 0 atom stereocenters. The topological polar surface area (TPSA) is 49.0 Å². The zero-order valence-corrected chi connectivity index (χ0v) is 24.4. The number of nitrogens with zero attached hydrogens (tertiary/aromatic N) is 3. The first-order valence-corrected chi connectivity index (χ1v) is 15.5. The van der Waals surface area contributed by atoms with Gasteiger partial charge in [0.1, 0.15) is 22.3 Å². The van der Waals surface area contributed by atoms with Crippen molar-refractivity contribution in [3.05, 3.63) is 140 Å². The highest BCUT2D eigenvalue weighted by Gasteiger charge is 2.20. The summed E-state index contributed by atoms with van der Waals surface area (Å²) in [4.78, 5) is 4.62. The van der Waals surface area contributed by atoms with E-state index in [4.69, 9.17) is 8.83 Å². The molecular formula is C41H23N3O2. The standard InChI is InChI=1S/C41H23N3O2/c1-4-11-32-26(8-1)30-22-24(15-18-34(30)43(32)25-16-20-37-31(23-25)40-38(45-37)14-7-21-42-40)44-33-12-5-2-10-29(33)39-35(44)19-17-28-27-9-3-6-13-36(27)46-41(28)39/h1-23H. The first-order chi connectivity index (χ1) is 22.8. The zero-order chi connectivity index (χ0) is 29.9. The van der Waals surface area contributed by atoms with Crippen molar-refractivity contribution in [2.75, 3.05) is 0 Å². The molecule has 5 aromatic heterocycles. The summed E-state index contributed by atoms with van der Waals surface area (Å²) >= 11 is 0. The Balaban J connectivity index is 1.20. The van der Waals surface area contributed by atoms with Crippen LogP contribution in [0.2, 0.25) is 0 Å². The molecule has 5 heteroatoms. The van der Waals surface area contributed by atoms with E-state index < -0.39 is 0 Å². The maximum Gasteiger partial charge on any atom is 0.153 e. The Morgan fingerprint density at radius 3 is 1.93 bits per heavy atom. The summed E-state index contributed by atoms with van der Waals surface area (Å²) in [6.07, 6.45) is 1.82. The van der Waals surface area contributed by atoms with E-state index in [2.05, 4.69) is 123 Å². The third-order valence-corrected chi connectivity index (χ3v) is 9.56. The van der Waals surface area contributed by atoms with E-state index in [0.717, 1.165) is 82.8 Å². The Labute approximate surface area is 261 Å². The molecular weight excluding hydrogens is 566 g/mol. The second-order valence-corrected chi connectivity index (χ2v) is 12.0. The van der Waals surface area contributed by atoms with E-state index in [1.165, 1.54) is 16.2 Å². The van der Waals surface area contributed by atoms with Crippen LogP contribution in [0.5, 0.6) is 0 Å². The molecule has 0 unspecified atom stereocenters. The molecule has 0 saturated heterocycles. The van der Waals surface area contributed by atoms with Gasteiger partial charge in [0, 0.05) is 49.9 Å². The Morgan fingerprint density at radius 2 is 1.04 bits per heavy atom. The highest BCUT2D eigenvalue weighted by molar-refractivity contribution is 6.24. The van der Waals surface area contributed by atoms with Crippen LogP contribution in [0.25, 0.3) is 99.0 Å². The Bertz CT molecular complexity index is 3040. The fourth-order valence-corrected chi connectivity index (χ4v) is 7.62. The Kier molecular flexibility index (Phi) is 4.52. The van der Waals surface area contributed by atoms with Crippen molar-refractivity contribution in [1.29, 1.82) is 0 Å². The van der Waals surface area contributed by atoms with Crippen LogP contribution in [-0.2, 0) is 0 Å². The largest absolute Gasteiger partial charge is 0.455 e. The van der Waals surface area contributed by atoms with Gasteiger partial charge in [0.15, 0.2) is 5.58 Å². The highest BCUT2D eigenvalue weighted by atomic mass is 16.3. The molecule has 0 amide bonds. The van der Waals surface area contributed by atoms with E-state index in [0.29, 0.717) is 0 Å². The van der Waals surface area contributed by atoms with Crippen LogP contribution in [0.4, 0.5) is 0 Å². The molecule has 11 rings (SSSR count). The lowest BCUT2D eigenvalue weighted by Gasteiger charge is -2.10. The van der Waals surface area contributed by atoms with Crippen LogP contribution in [-0.4, -0.2) is 14.1 Å². The van der Waals surface area contributed by atoms with Gasteiger partial charge in [-0.25, -0.2) is 0 Å². The van der Waals surface area contributed by atoms with Crippen molar-refractivity contribution in [2.24, 2.45) is 0 Å². The van der Waals surface area contributed by atoms with Crippen LogP contribution >= 0.6 is 0 Å². The van der Waals surface area contributed by atoms with Crippen LogP contribution in [0, 0.1) is 0 Å². The van der Waals surface area contributed by atoms with E-state index >= 15 is 0 Å². The van der Waals surface area contributed by atoms with E-state index in [9.17, 15) is 0 Å². The molecule has 0 radical (unpaired) electrons. The molecule has 0 spiro atoms. The molecule has 0 aliphatic rings. The van der Waals surface area contributed by atoms with Gasteiger partial charge >= 0.3 is 0 Å². The van der Waals surface area contributed by atoms with Gasteiger partial charge in [-0.05, 0) is 78.9 Å². The van der Waals surface area contributed by atoms with Gasteiger partial charge < -0.3 is 18.0 Å². The van der Waals surface area contributed by atoms with E-state index in [1.54, 1.807) is 0 Å². The van der Waals surface area contributed by atoms with Crippen molar-refractivity contribution in [3.8, 4) is 11.4 Å². The second-order valence-electron chi connectivity index (χ2n) is 12.0. The van der Waals surface area contributed by atoms with Gasteiger partial charge in [0.2, 0.25) is 0 Å². The normalized spacial score (nSPS) is 12.3. The predicted octanol–water partition coefficient (Wildman–Crippen LogP) is 11.1. The number of pyridine rings is 1. The molecule has 0 fully saturated rings. The molecule has 5 nitrogen and oxygen atoms in total.